The lowest BCUT2D eigenvalue weighted by Crippen LogP contribution is -2.43. The van der Waals surface area contributed by atoms with Crippen LogP contribution in [0, 0.1) is 41.6 Å². The molecule has 4 nitrogen and oxygen atoms in total. The second kappa shape index (κ2) is 15.3. The maximum Gasteiger partial charge on any atom is 0.220 e. The van der Waals surface area contributed by atoms with Crippen LogP contribution in [0.4, 0.5) is 5.69 Å². The summed E-state index contributed by atoms with van der Waals surface area (Å²) >= 11 is 3.65. The molecule has 0 unspecified atom stereocenters. The molecule has 340 valence electrons. The Morgan fingerprint density at radius 1 is 0.472 bits per heavy atom. The van der Waals surface area contributed by atoms with Gasteiger partial charge in [0, 0.05) is 63.6 Å². The molecule has 4 fully saturated rings. The lowest BCUT2D eigenvalue weighted by molar-refractivity contribution is -0.00229. The Hall–Kier alpha value is -8.00. The van der Waals surface area contributed by atoms with Gasteiger partial charge in [0.1, 0.15) is 6.07 Å². The highest BCUT2D eigenvalue weighted by Crippen LogP contribution is 2.62. The quantitative estimate of drug-likeness (QED) is 0.158. The minimum Gasteiger partial charge on any atom is -0.316 e. The number of thiophene rings is 2. The summed E-state index contributed by atoms with van der Waals surface area (Å²) in [6.07, 6.45) is 6.77. The van der Waals surface area contributed by atoms with Crippen molar-refractivity contribution in [3.8, 4) is 39.7 Å². The second-order valence-electron chi connectivity index (χ2n) is 20.9. The van der Waals surface area contributed by atoms with Gasteiger partial charge in [-0.25, -0.2) is 4.85 Å². The van der Waals surface area contributed by atoms with Crippen LogP contribution >= 0.6 is 22.7 Å². The third kappa shape index (κ3) is 5.49. The van der Waals surface area contributed by atoms with Crippen LogP contribution < -0.4 is 0 Å². The number of nitrogens with zero attached hydrogens (tertiary/aromatic N) is 4. The zero-order valence-electron chi connectivity index (χ0n) is 39.3. The van der Waals surface area contributed by atoms with Crippen molar-refractivity contribution in [2.75, 3.05) is 0 Å². The van der Waals surface area contributed by atoms with Gasteiger partial charge in [-0.05, 0) is 103 Å². The molecule has 4 aromatic heterocycles. The summed E-state index contributed by atoms with van der Waals surface area (Å²) in [6, 6.07) is 66.5. The third-order valence-corrected chi connectivity index (χ3v) is 19.7. The first kappa shape index (κ1) is 40.7. The van der Waals surface area contributed by atoms with E-state index in [-0.39, 0.29) is 0 Å². The molecule has 0 spiro atoms. The first-order valence-corrected chi connectivity index (χ1v) is 27.1. The van der Waals surface area contributed by atoms with Gasteiger partial charge in [0.2, 0.25) is 5.69 Å². The van der Waals surface area contributed by atoms with Crippen LogP contribution in [-0.4, -0.2) is 9.13 Å². The Kier molecular flexibility index (Phi) is 8.62. The van der Waals surface area contributed by atoms with Gasteiger partial charge >= 0.3 is 0 Å². The zero-order valence-corrected chi connectivity index (χ0v) is 40.9. The molecule has 4 bridgehead atoms. The van der Waals surface area contributed by atoms with E-state index in [1.54, 1.807) is 0 Å². The lowest BCUT2D eigenvalue weighted by atomic mass is 9.50. The normalized spacial score (nSPS) is 19.5. The fourth-order valence-electron chi connectivity index (χ4n) is 14.9. The fourth-order valence-corrected chi connectivity index (χ4v) is 17.4. The average Bonchev–Trinajstić information content (AvgIpc) is 4.18. The zero-order chi connectivity index (χ0) is 47.3. The first-order chi connectivity index (χ1) is 35.6. The van der Waals surface area contributed by atoms with Gasteiger partial charge in [0.05, 0.1) is 55.0 Å². The largest absolute Gasteiger partial charge is 0.316 e. The molecule has 4 saturated carbocycles. The van der Waals surface area contributed by atoms with Crippen molar-refractivity contribution < 1.29 is 0 Å². The van der Waals surface area contributed by atoms with Crippen molar-refractivity contribution in [1.82, 2.24) is 9.13 Å². The van der Waals surface area contributed by atoms with E-state index < -0.39 is 0 Å². The molecule has 6 heteroatoms. The predicted octanol–water partition coefficient (Wildman–Crippen LogP) is 18.9. The average molecular weight is 957 g/mol. The summed E-state index contributed by atoms with van der Waals surface area (Å²) in [7, 11) is 0. The molecule has 13 aromatic rings. The standard InChI is InChI=1S/C66H44N4S2/c1-68-60-57(39-15-4-2-5-16-39)51(36-67)61(69-52-23-11-8-21-49(52)59-50(22-14-24-53(59)69)56-41-32-37-31-38(34-41)35-42(56)33-37)58(40-17-6-3-7-18-40)64(60)70-62-45(27-29-47-43-19-9-12-25-54(43)71-65(47)62)46-28-30-48-44-20-10-13-26-55(44)72-66(48)63(46)70/h2-30,37-38,41-42,56H,31-35H2. The van der Waals surface area contributed by atoms with Crippen LogP contribution in [0.5, 0.6) is 0 Å². The number of para-hydroxylation sites is 1. The summed E-state index contributed by atoms with van der Waals surface area (Å²) in [4.78, 5) is 4.70. The van der Waals surface area contributed by atoms with Crippen LogP contribution in [-0.2, 0) is 0 Å². The maximum absolute atomic E-state index is 12.1. The molecule has 4 aliphatic rings. The van der Waals surface area contributed by atoms with E-state index in [2.05, 4.69) is 173 Å². The lowest BCUT2D eigenvalue weighted by Gasteiger charge is -2.54. The minimum atomic E-state index is 0.463. The molecule has 72 heavy (non-hydrogen) atoms. The second-order valence-corrected chi connectivity index (χ2v) is 23.0. The Morgan fingerprint density at radius 3 is 1.57 bits per heavy atom. The molecule has 0 amide bonds. The van der Waals surface area contributed by atoms with E-state index in [1.807, 2.05) is 40.9 Å². The molecule has 0 aliphatic heterocycles. The summed E-state index contributed by atoms with van der Waals surface area (Å²) < 4.78 is 9.73. The predicted molar refractivity (Wildman–Crippen MR) is 303 cm³/mol. The molecule has 9 aromatic carbocycles. The SMILES string of the molecule is [C-]#[N+]c1c(-c2ccccc2)c(C#N)c(-n2c3ccccc3c3c(C4C5CC6CC(C5)CC4C6)cccc32)c(-c2ccccc2)c1-n1c2c(ccc3c4ccccc4sc32)c2ccc3c4ccccc4sc3c21. The maximum atomic E-state index is 12.1. The molecule has 17 rings (SSSR count). The van der Waals surface area contributed by atoms with Gasteiger partial charge in [-0.2, -0.15) is 5.26 Å². The first-order valence-electron chi connectivity index (χ1n) is 25.5. The van der Waals surface area contributed by atoms with Gasteiger partial charge < -0.3 is 9.13 Å². The van der Waals surface area contributed by atoms with Gasteiger partial charge in [0.15, 0.2) is 0 Å². The van der Waals surface area contributed by atoms with E-state index >= 15 is 0 Å². The number of hydrogen-bond donors (Lipinski definition) is 0. The fraction of sp³-hybridized carbons (Fsp3) is 0.152. The highest BCUT2D eigenvalue weighted by Gasteiger charge is 2.49. The van der Waals surface area contributed by atoms with Crippen molar-refractivity contribution in [2.45, 2.75) is 38.0 Å². The molecule has 0 atom stereocenters. The van der Waals surface area contributed by atoms with Crippen molar-refractivity contribution in [2.24, 2.45) is 23.7 Å². The van der Waals surface area contributed by atoms with E-state index in [0.29, 0.717) is 34.6 Å². The smallest absolute Gasteiger partial charge is 0.220 e. The number of hydrogen-bond acceptors (Lipinski definition) is 3. The van der Waals surface area contributed by atoms with E-state index in [4.69, 9.17) is 4.85 Å². The van der Waals surface area contributed by atoms with Crippen molar-refractivity contribution >= 4 is 112 Å². The number of rotatable bonds is 5. The summed E-state index contributed by atoms with van der Waals surface area (Å²) in [5.74, 6) is 3.65. The molecule has 0 N–H and O–H groups in total. The summed E-state index contributed by atoms with van der Waals surface area (Å²) in [5.41, 5.74) is 11.7. The van der Waals surface area contributed by atoms with E-state index in [0.717, 1.165) is 72.7 Å². The highest BCUT2D eigenvalue weighted by atomic mass is 32.1. The Labute approximate surface area is 424 Å². The summed E-state index contributed by atoms with van der Waals surface area (Å²) in [5, 5.41) is 21.8. The van der Waals surface area contributed by atoms with Gasteiger partial charge in [0.25, 0.3) is 0 Å². The summed E-state index contributed by atoms with van der Waals surface area (Å²) in [6.45, 7) is 9.55. The number of nitriles is 1. The van der Waals surface area contributed by atoms with Crippen LogP contribution in [0.15, 0.2) is 176 Å². The van der Waals surface area contributed by atoms with Gasteiger partial charge in [-0.15, -0.1) is 22.7 Å². The highest BCUT2D eigenvalue weighted by molar-refractivity contribution is 7.27. The van der Waals surface area contributed by atoms with Crippen LogP contribution in [0.1, 0.15) is 49.1 Å². The van der Waals surface area contributed by atoms with Gasteiger partial charge in [-0.3, -0.25) is 0 Å². The number of aromatic nitrogens is 2. The van der Waals surface area contributed by atoms with Crippen molar-refractivity contribution in [1.29, 1.82) is 5.26 Å². The minimum absolute atomic E-state index is 0.463. The molecule has 4 heterocycles. The molecule has 0 saturated heterocycles. The molecular formula is C66H44N4S2. The number of fused-ring (bicyclic) bond motifs is 14. The molecular weight excluding hydrogens is 913 g/mol. The van der Waals surface area contributed by atoms with E-state index in [1.165, 1.54) is 88.8 Å². The van der Waals surface area contributed by atoms with Crippen LogP contribution in [0.3, 0.4) is 0 Å². The number of benzene rings is 9. The monoisotopic (exact) mass is 956 g/mol. The van der Waals surface area contributed by atoms with Crippen LogP contribution in [0.25, 0.3) is 122 Å². The van der Waals surface area contributed by atoms with Crippen LogP contribution in [0.2, 0.25) is 0 Å². The third-order valence-electron chi connectivity index (χ3n) is 17.3. The topological polar surface area (TPSA) is 38.0 Å². The van der Waals surface area contributed by atoms with E-state index in [9.17, 15) is 11.8 Å². The Balaban J connectivity index is 1.15. The Bertz CT molecular complexity index is 4400. The van der Waals surface area contributed by atoms with Crippen molar-refractivity contribution in [3.63, 3.8) is 0 Å². The Morgan fingerprint density at radius 2 is 0.986 bits per heavy atom. The van der Waals surface area contributed by atoms with Crippen molar-refractivity contribution in [3.05, 3.63) is 198 Å². The molecule has 4 aliphatic carbocycles. The van der Waals surface area contributed by atoms with Gasteiger partial charge in [-0.1, -0.05) is 152 Å². The molecule has 0 radical (unpaired) electrons.